The van der Waals surface area contributed by atoms with Crippen LogP contribution in [0.3, 0.4) is 0 Å². The maximum Gasteiger partial charge on any atom is 0.251 e. The van der Waals surface area contributed by atoms with Crippen molar-refractivity contribution < 1.29 is 14.0 Å². The number of imide groups is 1. The molecule has 1 heterocycles. The van der Waals surface area contributed by atoms with Crippen LogP contribution in [0.4, 0.5) is 10.1 Å². The molecule has 0 saturated carbocycles. The van der Waals surface area contributed by atoms with Gasteiger partial charge in [0.15, 0.2) is 0 Å². The van der Waals surface area contributed by atoms with Gasteiger partial charge in [0.05, 0.1) is 5.56 Å². The van der Waals surface area contributed by atoms with Crippen LogP contribution in [-0.2, 0) is 9.59 Å². The third-order valence-corrected chi connectivity index (χ3v) is 3.08. The van der Waals surface area contributed by atoms with Gasteiger partial charge in [-0.2, -0.15) is 5.26 Å². The highest BCUT2D eigenvalue weighted by atomic mass is 19.1. The number of carbonyl (C=O) groups is 2. The Morgan fingerprint density at radius 2 is 2.21 bits per heavy atom. The molecule has 1 atom stereocenters. The van der Waals surface area contributed by atoms with Gasteiger partial charge in [-0.25, -0.2) is 4.39 Å². The first kappa shape index (κ1) is 13.0. The van der Waals surface area contributed by atoms with Crippen molar-refractivity contribution in [2.24, 2.45) is 0 Å². The number of nitrogens with one attached hydrogen (secondary N) is 1. The predicted octanol–water partition coefficient (Wildman–Crippen LogP) is 1.26. The lowest BCUT2D eigenvalue weighted by atomic mass is 10.0. The molecule has 0 radical (unpaired) electrons. The first-order valence-electron chi connectivity index (χ1n) is 5.79. The minimum Gasteiger partial charge on any atom is -0.374 e. The second kappa shape index (κ2) is 5.06. The van der Waals surface area contributed by atoms with E-state index in [1.165, 1.54) is 25.2 Å². The number of carbonyl (C=O) groups excluding carboxylic acids is 2. The van der Waals surface area contributed by atoms with E-state index >= 15 is 0 Å². The zero-order valence-corrected chi connectivity index (χ0v) is 10.3. The summed E-state index contributed by atoms with van der Waals surface area (Å²) < 4.78 is 13.4. The number of benzene rings is 1. The number of rotatable bonds is 2. The predicted molar refractivity (Wildman–Crippen MR) is 65.5 cm³/mol. The maximum absolute atomic E-state index is 13.4. The van der Waals surface area contributed by atoms with Crippen LogP contribution in [0.2, 0.25) is 0 Å². The Morgan fingerprint density at radius 3 is 2.84 bits per heavy atom. The van der Waals surface area contributed by atoms with Crippen molar-refractivity contribution in [1.82, 2.24) is 4.90 Å². The van der Waals surface area contributed by atoms with Crippen molar-refractivity contribution in [3.8, 4) is 6.07 Å². The average Bonchev–Trinajstić information content (AvgIpc) is 2.40. The summed E-state index contributed by atoms with van der Waals surface area (Å²) in [6, 6.07) is 5.23. The molecule has 1 aromatic rings. The van der Waals surface area contributed by atoms with Crippen molar-refractivity contribution in [2.75, 3.05) is 12.4 Å². The number of likely N-dealkylation sites (tertiary alicyclic amines) is 1. The summed E-state index contributed by atoms with van der Waals surface area (Å²) in [7, 11) is 1.43. The van der Waals surface area contributed by atoms with Crippen LogP contribution < -0.4 is 5.32 Å². The quantitative estimate of drug-likeness (QED) is 0.813. The molecule has 0 bridgehead atoms. The number of piperidine rings is 1. The van der Waals surface area contributed by atoms with Crippen LogP contribution >= 0.6 is 0 Å². The first-order valence-corrected chi connectivity index (χ1v) is 5.79. The molecule has 19 heavy (non-hydrogen) atoms. The van der Waals surface area contributed by atoms with Crippen LogP contribution in [0.15, 0.2) is 18.2 Å². The van der Waals surface area contributed by atoms with Crippen LogP contribution in [0.5, 0.6) is 0 Å². The Kier molecular flexibility index (Phi) is 3.47. The van der Waals surface area contributed by atoms with Gasteiger partial charge in [0.1, 0.15) is 17.9 Å². The van der Waals surface area contributed by atoms with Crippen molar-refractivity contribution in [3.05, 3.63) is 29.6 Å². The van der Waals surface area contributed by atoms with Crippen LogP contribution in [0.25, 0.3) is 0 Å². The molecule has 0 aliphatic carbocycles. The molecule has 0 aromatic heterocycles. The molecule has 1 unspecified atom stereocenters. The van der Waals surface area contributed by atoms with Gasteiger partial charge < -0.3 is 5.32 Å². The minimum atomic E-state index is -0.639. The first-order chi connectivity index (χ1) is 9.02. The average molecular weight is 261 g/mol. The second-order valence-electron chi connectivity index (χ2n) is 4.33. The van der Waals surface area contributed by atoms with Gasteiger partial charge in [-0.1, -0.05) is 0 Å². The summed E-state index contributed by atoms with van der Waals surface area (Å²) in [6.45, 7) is 0. The molecular weight excluding hydrogens is 249 g/mol. The fourth-order valence-electron chi connectivity index (χ4n) is 1.95. The number of amides is 2. The van der Waals surface area contributed by atoms with Crippen molar-refractivity contribution in [3.63, 3.8) is 0 Å². The third kappa shape index (κ3) is 2.55. The standard InChI is InChI=1S/C13H12FN3O2/c1-17-12(18)5-4-11(13(17)19)16-9-3-2-8(7-15)10(14)6-9/h2-3,6,11,16H,4-5H2,1H3. The van der Waals surface area contributed by atoms with Crippen molar-refractivity contribution in [2.45, 2.75) is 18.9 Å². The summed E-state index contributed by atoms with van der Waals surface area (Å²) in [4.78, 5) is 24.2. The van der Waals surface area contributed by atoms with Crippen LogP contribution in [-0.4, -0.2) is 29.8 Å². The summed E-state index contributed by atoms with van der Waals surface area (Å²) in [5, 5.41) is 11.5. The van der Waals surface area contributed by atoms with E-state index in [1.54, 1.807) is 6.07 Å². The molecule has 1 N–H and O–H groups in total. The minimum absolute atomic E-state index is 0.0483. The molecule has 98 valence electrons. The second-order valence-corrected chi connectivity index (χ2v) is 4.33. The normalized spacial score (nSPS) is 19.2. The largest absolute Gasteiger partial charge is 0.374 e. The summed E-state index contributed by atoms with van der Waals surface area (Å²) in [5.41, 5.74) is 0.366. The zero-order valence-electron chi connectivity index (χ0n) is 10.3. The molecule has 1 saturated heterocycles. The molecule has 2 amide bonds. The van der Waals surface area contributed by atoms with Crippen LogP contribution in [0.1, 0.15) is 18.4 Å². The summed E-state index contributed by atoms with van der Waals surface area (Å²) >= 11 is 0. The molecule has 1 aromatic carbocycles. The Bertz CT molecular complexity index is 580. The Labute approximate surface area is 109 Å². The van der Waals surface area contributed by atoms with Gasteiger partial charge in [-0.05, 0) is 24.6 Å². The number of nitrogens with zero attached hydrogens (tertiary/aromatic N) is 2. The molecule has 5 nitrogen and oxygen atoms in total. The topological polar surface area (TPSA) is 73.2 Å². The number of nitriles is 1. The lowest BCUT2D eigenvalue weighted by Crippen LogP contribution is -2.48. The van der Waals surface area contributed by atoms with Crippen molar-refractivity contribution in [1.29, 1.82) is 5.26 Å². The van der Waals surface area contributed by atoms with E-state index in [0.29, 0.717) is 12.1 Å². The molecule has 1 aliphatic heterocycles. The Balaban J connectivity index is 2.14. The van der Waals surface area contributed by atoms with E-state index in [9.17, 15) is 14.0 Å². The molecule has 1 aliphatic rings. The van der Waals surface area contributed by atoms with Gasteiger partial charge in [0.25, 0.3) is 5.91 Å². The van der Waals surface area contributed by atoms with Gasteiger partial charge >= 0.3 is 0 Å². The number of anilines is 1. The molecular formula is C13H12FN3O2. The summed E-state index contributed by atoms with van der Waals surface area (Å²) in [5.74, 6) is -1.18. The molecule has 2 rings (SSSR count). The highest BCUT2D eigenvalue weighted by molar-refractivity contribution is 6.01. The van der Waals surface area contributed by atoms with E-state index < -0.39 is 11.9 Å². The Hall–Kier alpha value is -2.42. The van der Waals surface area contributed by atoms with E-state index in [1.807, 2.05) is 0 Å². The monoisotopic (exact) mass is 261 g/mol. The van der Waals surface area contributed by atoms with E-state index in [2.05, 4.69) is 5.32 Å². The van der Waals surface area contributed by atoms with Crippen LogP contribution in [0, 0.1) is 17.1 Å². The number of hydrogen-bond donors (Lipinski definition) is 1. The molecule has 1 fully saturated rings. The van der Waals surface area contributed by atoms with Gasteiger partial charge in [-0.15, -0.1) is 0 Å². The third-order valence-electron chi connectivity index (χ3n) is 3.08. The molecule has 6 heteroatoms. The highest BCUT2D eigenvalue weighted by Crippen LogP contribution is 2.19. The highest BCUT2D eigenvalue weighted by Gasteiger charge is 2.31. The number of hydrogen-bond acceptors (Lipinski definition) is 4. The fourth-order valence-corrected chi connectivity index (χ4v) is 1.95. The number of likely N-dealkylation sites (N-methyl/N-ethyl adjacent to an activating group) is 1. The summed E-state index contributed by atoms with van der Waals surface area (Å²) in [6.07, 6.45) is 0.655. The SMILES string of the molecule is CN1C(=O)CCC(Nc2ccc(C#N)c(F)c2)C1=O. The lowest BCUT2D eigenvalue weighted by Gasteiger charge is -2.28. The zero-order chi connectivity index (χ0) is 14.0. The fraction of sp³-hybridized carbons (Fsp3) is 0.308. The lowest BCUT2D eigenvalue weighted by molar-refractivity contribution is -0.146. The van der Waals surface area contributed by atoms with E-state index in [4.69, 9.17) is 5.26 Å². The van der Waals surface area contributed by atoms with Gasteiger partial charge in [0.2, 0.25) is 5.91 Å². The molecule has 0 spiro atoms. The van der Waals surface area contributed by atoms with Gasteiger partial charge in [-0.3, -0.25) is 14.5 Å². The Morgan fingerprint density at radius 1 is 1.47 bits per heavy atom. The van der Waals surface area contributed by atoms with Crippen molar-refractivity contribution >= 4 is 17.5 Å². The smallest absolute Gasteiger partial charge is 0.251 e. The maximum atomic E-state index is 13.4. The number of halogens is 1. The van der Waals surface area contributed by atoms with Gasteiger partial charge in [0, 0.05) is 19.2 Å². The van der Waals surface area contributed by atoms with E-state index in [-0.39, 0.29) is 23.8 Å². The van der Waals surface area contributed by atoms with E-state index in [0.717, 1.165) is 4.90 Å².